The van der Waals surface area contributed by atoms with Gasteiger partial charge in [0.05, 0.1) is 6.04 Å². The molecule has 1 aliphatic heterocycles. The van der Waals surface area contributed by atoms with Gasteiger partial charge in [-0.05, 0) is 36.8 Å². The van der Waals surface area contributed by atoms with Crippen LogP contribution in [-0.4, -0.2) is 23.4 Å². The number of cyclic esters (lactones) is 1. The zero-order valence-electron chi connectivity index (χ0n) is 17.6. The Balaban J connectivity index is 1.93. The molecule has 0 radical (unpaired) electrons. The standard InChI is InChI=1S/C23H25ClF2N2O3/c1-14(18-9-6-16(24)12-19(18)26)28-11-10-23(31-21(28)30,13-22(2,3)20(27)29)15-4-7-17(25)8-5-15/h4-9,12,14H,10-11,13H2,1-3H3,(H2,27,29)/t14-,23+/m0/s1. The molecule has 166 valence electrons. The van der Waals surface area contributed by atoms with E-state index in [2.05, 4.69) is 0 Å². The molecule has 1 saturated heterocycles. The molecule has 31 heavy (non-hydrogen) atoms. The van der Waals surface area contributed by atoms with E-state index in [1.54, 1.807) is 26.8 Å². The molecule has 3 rings (SSSR count). The summed E-state index contributed by atoms with van der Waals surface area (Å²) in [6.45, 7) is 5.29. The third-order valence-corrected chi connectivity index (χ3v) is 6.15. The highest BCUT2D eigenvalue weighted by Crippen LogP contribution is 2.44. The second kappa shape index (κ2) is 8.46. The molecule has 0 bridgehead atoms. The van der Waals surface area contributed by atoms with Crippen molar-refractivity contribution in [2.24, 2.45) is 11.1 Å². The summed E-state index contributed by atoms with van der Waals surface area (Å²) in [7, 11) is 0. The summed E-state index contributed by atoms with van der Waals surface area (Å²) in [6, 6.07) is 9.33. The first-order valence-electron chi connectivity index (χ1n) is 9.96. The third kappa shape index (κ3) is 4.66. The SMILES string of the molecule is C[C@@H](c1ccc(Cl)cc1F)N1CC[C@@](CC(C)(C)C(N)=O)(c2ccc(F)cc2)OC1=O. The molecule has 2 atom stereocenters. The summed E-state index contributed by atoms with van der Waals surface area (Å²) < 4.78 is 33.8. The molecule has 0 unspecified atom stereocenters. The van der Waals surface area contributed by atoms with Crippen molar-refractivity contribution in [1.29, 1.82) is 0 Å². The predicted octanol–water partition coefficient (Wildman–Crippen LogP) is 5.32. The van der Waals surface area contributed by atoms with Crippen molar-refractivity contribution in [2.45, 2.75) is 45.3 Å². The first-order chi connectivity index (χ1) is 14.4. The third-order valence-electron chi connectivity index (χ3n) is 5.92. The predicted molar refractivity (Wildman–Crippen MR) is 113 cm³/mol. The van der Waals surface area contributed by atoms with Crippen molar-refractivity contribution in [3.8, 4) is 0 Å². The van der Waals surface area contributed by atoms with Crippen molar-refractivity contribution in [2.75, 3.05) is 6.54 Å². The van der Waals surface area contributed by atoms with E-state index in [1.807, 2.05) is 0 Å². The number of amides is 2. The van der Waals surface area contributed by atoms with Crippen LogP contribution < -0.4 is 5.73 Å². The minimum atomic E-state index is -1.17. The number of halogens is 3. The van der Waals surface area contributed by atoms with Crippen molar-refractivity contribution in [3.05, 3.63) is 70.2 Å². The second-order valence-corrected chi connectivity index (χ2v) is 9.02. The molecular weight excluding hydrogens is 426 g/mol. The van der Waals surface area contributed by atoms with Gasteiger partial charge in [-0.15, -0.1) is 0 Å². The van der Waals surface area contributed by atoms with Crippen LogP contribution in [-0.2, 0) is 15.1 Å². The Kier molecular flexibility index (Phi) is 6.28. The van der Waals surface area contributed by atoms with Crippen LogP contribution in [0.25, 0.3) is 0 Å². The lowest BCUT2D eigenvalue weighted by Crippen LogP contribution is -2.51. The van der Waals surface area contributed by atoms with Gasteiger partial charge in [-0.3, -0.25) is 4.79 Å². The first kappa shape index (κ1) is 23.0. The van der Waals surface area contributed by atoms with E-state index < -0.39 is 40.7 Å². The Morgan fingerprint density at radius 1 is 1.26 bits per heavy atom. The number of hydrogen-bond donors (Lipinski definition) is 1. The van der Waals surface area contributed by atoms with E-state index in [0.29, 0.717) is 17.5 Å². The average molecular weight is 451 g/mol. The van der Waals surface area contributed by atoms with Crippen LogP contribution in [0.4, 0.5) is 13.6 Å². The summed E-state index contributed by atoms with van der Waals surface area (Å²) >= 11 is 5.83. The number of rotatable bonds is 6. The highest BCUT2D eigenvalue weighted by atomic mass is 35.5. The van der Waals surface area contributed by atoms with Crippen molar-refractivity contribution < 1.29 is 23.1 Å². The van der Waals surface area contributed by atoms with Gasteiger partial charge in [0.15, 0.2) is 0 Å². The van der Waals surface area contributed by atoms with Crippen molar-refractivity contribution in [1.82, 2.24) is 4.90 Å². The fourth-order valence-electron chi connectivity index (χ4n) is 4.01. The number of ether oxygens (including phenoxy) is 1. The fraction of sp³-hybridized carbons (Fsp3) is 0.391. The molecule has 1 fully saturated rings. The molecule has 0 saturated carbocycles. The Morgan fingerprint density at radius 2 is 1.90 bits per heavy atom. The van der Waals surface area contributed by atoms with Gasteiger partial charge in [-0.2, -0.15) is 0 Å². The van der Waals surface area contributed by atoms with Gasteiger partial charge < -0.3 is 15.4 Å². The summed E-state index contributed by atoms with van der Waals surface area (Å²) in [5.74, 6) is -1.48. The van der Waals surface area contributed by atoms with Crippen molar-refractivity contribution >= 4 is 23.6 Å². The molecule has 0 aromatic heterocycles. The summed E-state index contributed by atoms with van der Waals surface area (Å²) in [5, 5.41) is 0.263. The Morgan fingerprint density at radius 3 is 2.45 bits per heavy atom. The van der Waals surface area contributed by atoms with E-state index in [1.165, 1.54) is 41.3 Å². The first-order valence-corrected chi connectivity index (χ1v) is 10.3. The lowest BCUT2D eigenvalue weighted by Gasteiger charge is -2.46. The van der Waals surface area contributed by atoms with Crippen LogP contribution in [0.15, 0.2) is 42.5 Å². The maximum atomic E-state index is 14.4. The number of nitrogens with two attached hydrogens (primary N) is 1. The smallest absolute Gasteiger partial charge is 0.411 e. The number of carbonyl (C=O) groups is 2. The Bertz CT molecular complexity index is 997. The highest BCUT2D eigenvalue weighted by Gasteiger charge is 2.48. The average Bonchev–Trinajstić information content (AvgIpc) is 2.67. The largest absolute Gasteiger partial charge is 0.438 e. The van der Waals surface area contributed by atoms with Crippen LogP contribution in [0.5, 0.6) is 0 Å². The highest BCUT2D eigenvalue weighted by molar-refractivity contribution is 6.30. The quantitative estimate of drug-likeness (QED) is 0.647. The van der Waals surface area contributed by atoms with Gasteiger partial charge in [0.2, 0.25) is 5.91 Å². The second-order valence-electron chi connectivity index (χ2n) is 8.58. The molecule has 5 nitrogen and oxygen atoms in total. The molecule has 0 aliphatic carbocycles. The number of benzene rings is 2. The van der Waals surface area contributed by atoms with Crippen LogP contribution >= 0.6 is 11.6 Å². The number of primary amides is 1. The van der Waals surface area contributed by atoms with E-state index in [0.717, 1.165) is 0 Å². The van der Waals surface area contributed by atoms with Gasteiger partial charge in [0.1, 0.15) is 17.2 Å². The zero-order valence-corrected chi connectivity index (χ0v) is 18.4. The summed E-state index contributed by atoms with van der Waals surface area (Å²) in [6.07, 6.45) is -0.206. The van der Waals surface area contributed by atoms with Crippen LogP contribution in [0.3, 0.4) is 0 Å². The lowest BCUT2D eigenvalue weighted by molar-refractivity contribution is -0.133. The minimum absolute atomic E-state index is 0.129. The number of carbonyl (C=O) groups excluding carboxylic acids is 2. The Hall–Kier alpha value is -2.67. The van der Waals surface area contributed by atoms with Crippen molar-refractivity contribution in [3.63, 3.8) is 0 Å². The van der Waals surface area contributed by atoms with E-state index in [9.17, 15) is 18.4 Å². The Labute approximate surface area is 185 Å². The van der Waals surface area contributed by atoms with E-state index >= 15 is 0 Å². The molecule has 1 heterocycles. The molecule has 2 N–H and O–H groups in total. The zero-order chi connectivity index (χ0) is 23.0. The monoisotopic (exact) mass is 450 g/mol. The topological polar surface area (TPSA) is 72.6 Å². The number of hydrogen-bond acceptors (Lipinski definition) is 3. The molecule has 8 heteroatoms. The lowest BCUT2D eigenvalue weighted by atomic mass is 9.74. The summed E-state index contributed by atoms with van der Waals surface area (Å²) in [4.78, 5) is 26.5. The van der Waals surface area contributed by atoms with Gasteiger partial charge in [-0.1, -0.05) is 43.6 Å². The maximum absolute atomic E-state index is 14.4. The molecule has 2 aromatic rings. The van der Waals surface area contributed by atoms with Gasteiger partial charge in [0.25, 0.3) is 0 Å². The van der Waals surface area contributed by atoms with E-state index in [4.69, 9.17) is 22.1 Å². The van der Waals surface area contributed by atoms with E-state index in [-0.39, 0.29) is 18.0 Å². The van der Waals surface area contributed by atoms with Gasteiger partial charge >= 0.3 is 6.09 Å². The summed E-state index contributed by atoms with van der Waals surface area (Å²) in [5.41, 5.74) is 4.30. The number of nitrogens with zero attached hydrogens (tertiary/aromatic N) is 1. The van der Waals surface area contributed by atoms with Crippen LogP contribution in [0, 0.1) is 17.0 Å². The minimum Gasteiger partial charge on any atom is -0.438 e. The molecule has 2 amide bonds. The maximum Gasteiger partial charge on any atom is 0.411 e. The molecule has 2 aromatic carbocycles. The normalized spacial score (nSPS) is 20.3. The molecule has 1 aliphatic rings. The fourth-order valence-corrected chi connectivity index (χ4v) is 4.17. The van der Waals surface area contributed by atoms with Gasteiger partial charge in [-0.25, -0.2) is 13.6 Å². The van der Waals surface area contributed by atoms with Crippen LogP contribution in [0.2, 0.25) is 5.02 Å². The molecular formula is C23H25ClF2N2O3. The van der Waals surface area contributed by atoms with Crippen LogP contribution in [0.1, 0.15) is 50.8 Å². The molecule has 0 spiro atoms. The van der Waals surface area contributed by atoms with Gasteiger partial charge in [0, 0.05) is 35.4 Å².